The highest BCUT2D eigenvalue weighted by Crippen LogP contribution is 2.45. The van der Waals surface area contributed by atoms with E-state index in [0.29, 0.717) is 0 Å². The van der Waals surface area contributed by atoms with Crippen LogP contribution in [0.4, 0.5) is 17.1 Å². The van der Waals surface area contributed by atoms with E-state index in [-0.39, 0.29) is 0 Å². The van der Waals surface area contributed by atoms with Gasteiger partial charge in [0, 0.05) is 16.8 Å². The summed E-state index contributed by atoms with van der Waals surface area (Å²) in [6, 6.07) is 90.4. The molecule has 0 saturated carbocycles. The van der Waals surface area contributed by atoms with Crippen LogP contribution in [-0.2, 0) is 0 Å². The fourth-order valence-electron chi connectivity index (χ4n) is 9.21. The summed E-state index contributed by atoms with van der Waals surface area (Å²) >= 11 is 0. The Morgan fingerprint density at radius 1 is 0.213 bits per heavy atom. The zero-order valence-electron chi connectivity index (χ0n) is 33.6. The molecule has 0 saturated heterocycles. The van der Waals surface area contributed by atoms with Crippen LogP contribution in [0.2, 0.25) is 0 Å². The molecule has 11 aromatic carbocycles. The monoisotopic (exact) mass is 775 g/mol. The Morgan fingerprint density at radius 2 is 0.590 bits per heavy atom. The smallest absolute Gasteiger partial charge is 0.0546 e. The van der Waals surface area contributed by atoms with Gasteiger partial charge in [-0.1, -0.05) is 218 Å². The summed E-state index contributed by atoms with van der Waals surface area (Å²) in [5.41, 5.74) is 15.4. The normalized spacial score (nSPS) is 11.3. The summed E-state index contributed by atoms with van der Waals surface area (Å²) in [7, 11) is 0. The van der Waals surface area contributed by atoms with Gasteiger partial charge in [0.15, 0.2) is 0 Å². The van der Waals surface area contributed by atoms with E-state index >= 15 is 0 Å². The minimum absolute atomic E-state index is 1.09. The zero-order chi connectivity index (χ0) is 40.5. The minimum atomic E-state index is 1.09. The van der Waals surface area contributed by atoms with Crippen LogP contribution in [0.5, 0.6) is 0 Å². The van der Waals surface area contributed by atoms with Gasteiger partial charge < -0.3 is 4.90 Å². The molecule has 0 N–H and O–H groups in total. The Balaban J connectivity index is 1.04. The number of nitrogens with zero attached hydrogens (tertiary/aromatic N) is 1. The van der Waals surface area contributed by atoms with Gasteiger partial charge >= 0.3 is 0 Å². The maximum absolute atomic E-state index is 2.42. The van der Waals surface area contributed by atoms with E-state index in [1.807, 2.05) is 0 Å². The highest BCUT2D eigenvalue weighted by atomic mass is 15.1. The van der Waals surface area contributed by atoms with Crippen molar-refractivity contribution >= 4 is 49.4 Å². The van der Waals surface area contributed by atoms with Crippen molar-refractivity contribution < 1.29 is 0 Å². The van der Waals surface area contributed by atoms with E-state index in [4.69, 9.17) is 0 Å². The summed E-state index contributed by atoms with van der Waals surface area (Å²) in [6.45, 7) is 0. The van der Waals surface area contributed by atoms with Gasteiger partial charge in [0.05, 0.1) is 5.69 Å². The lowest BCUT2D eigenvalue weighted by Crippen LogP contribution is -2.10. The molecular weight excluding hydrogens is 735 g/mol. The van der Waals surface area contributed by atoms with Crippen LogP contribution in [0.1, 0.15) is 0 Å². The molecule has 0 radical (unpaired) electrons. The van der Waals surface area contributed by atoms with Crippen LogP contribution >= 0.6 is 0 Å². The van der Waals surface area contributed by atoms with Gasteiger partial charge in [-0.05, 0) is 113 Å². The first-order valence-corrected chi connectivity index (χ1v) is 21.0. The quantitative estimate of drug-likeness (QED) is 0.139. The lowest BCUT2D eigenvalue weighted by Gasteiger charge is -2.28. The van der Waals surface area contributed by atoms with Crippen LogP contribution < -0.4 is 4.90 Å². The number of fused-ring (bicyclic) bond motifs is 4. The summed E-state index contributed by atoms with van der Waals surface area (Å²) in [4.78, 5) is 2.42. The molecule has 1 nitrogen and oxygen atoms in total. The predicted molar refractivity (Wildman–Crippen MR) is 261 cm³/mol. The molecule has 0 aliphatic heterocycles. The van der Waals surface area contributed by atoms with E-state index in [1.54, 1.807) is 0 Å². The number of hydrogen-bond acceptors (Lipinski definition) is 1. The Bertz CT molecular complexity index is 3340. The highest BCUT2D eigenvalue weighted by molar-refractivity contribution is 6.14. The summed E-state index contributed by atoms with van der Waals surface area (Å²) in [6.07, 6.45) is 0. The first kappa shape index (κ1) is 36.1. The Morgan fingerprint density at radius 3 is 1.18 bits per heavy atom. The van der Waals surface area contributed by atoms with Crippen LogP contribution in [0.3, 0.4) is 0 Å². The van der Waals surface area contributed by atoms with E-state index in [1.165, 1.54) is 88.0 Å². The van der Waals surface area contributed by atoms with Gasteiger partial charge in [-0.15, -0.1) is 0 Å². The van der Waals surface area contributed by atoms with Gasteiger partial charge in [0.25, 0.3) is 0 Å². The van der Waals surface area contributed by atoms with Crippen LogP contribution in [0.25, 0.3) is 88.0 Å². The van der Waals surface area contributed by atoms with Crippen molar-refractivity contribution in [3.05, 3.63) is 249 Å². The first-order chi connectivity index (χ1) is 30.3. The second kappa shape index (κ2) is 15.6. The average molecular weight is 776 g/mol. The Hall–Kier alpha value is -8.00. The van der Waals surface area contributed by atoms with Crippen molar-refractivity contribution in [3.63, 3.8) is 0 Å². The third-order valence-corrected chi connectivity index (χ3v) is 12.1. The van der Waals surface area contributed by atoms with Crippen molar-refractivity contribution in [2.75, 3.05) is 4.90 Å². The molecule has 11 aromatic rings. The molecule has 1 heteroatoms. The summed E-state index contributed by atoms with van der Waals surface area (Å²) in [5.74, 6) is 0. The van der Waals surface area contributed by atoms with E-state index < -0.39 is 0 Å². The minimum Gasteiger partial charge on any atom is -0.310 e. The highest BCUT2D eigenvalue weighted by Gasteiger charge is 2.19. The SMILES string of the molecule is c1ccc(-c2ccccc2-c2ccccc2-c2ccccc2-c2ccc(N(c3ccc(-c4cccc5ccccc45)cc3)c3cc4ccccc4c4ccccc34)cc2)cc1. The first-order valence-electron chi connectivity index (χ1n) is 21.0. The van der Waals surface area contributed by atoms with Gasteiger partial charge in [0.1, 0.15) is 0 Å². The van der Waals surface area contributed by atoms with Crippen LogP contribution in [-0.4, -0.2) is 0 Å². The molecule has 0 fully saturated rings. The fraction of sp³-hybridized carbons (Fsp3) is 0. The summed E-state index contributed by atoms with van der Waals surface area (Å²) in [5, 5.41) is 7.43. The molecule has 11 rings (SSSR count). The number of benzene rings is 11. The number of rotatable bonds is 8. The van der Waals surface area contributed by atoms with Gasteiger partial charge in [-0.25, -0.2) is 0 Å². The molecule has 0 unspecified atom stereocenters. The Labute approximate surface area is 357 Å². The standard InChI is InChI=1S/C60H41N/c1-2-17-42(18-3-1)51-23-8-10-26-54(51)57-29-12-13-30-58(57)55-27-11-9-24-52(55)45-35-39-48(40-36-45)61(60-41-46-20-5-7-25-53(46)56-28-14-15-31-59(56)60)47-37-33-44(34-38-47)50-32-16-21-43-19-4-6-22-49(43)50/h1-41H. The van der Waals surface area contributed by atoms with Crippen molar-refractivity contribution in [2.24, 2.45) is 0 Å². The third-order valence-electron chi connectivity index (χ3n) is 12.1. The molecule has 286 valence electrons. The third kappa shape index (κ3) is 6.63. The van der Waals surface area contributed by atoms with Gasteiger partial charge in [-0.2, -0.15) is 0 Å². The van der Waals surface area contributed by atoms with E-state index in [9.17, 15) is 0 Å². The number of hydrogen-bond donors (Lipinski definition) is 0. The molecule has 0 heterocycles. The van der Waals surface area contributed by atoms with Crippen molar-refractivity contribution in [1.29, 1.82) is 0 Å². The topological polar surface area (TPSA) is 3.24 Å². The molecule has 61 heavy (non-hydrogen) atoms. The second-order valence-electron chi connectivity index (χ2n) is 15.6. The Kier molecular flexibility index (Phi) is 9.26. The second-order valence-corrected chi connectivity index (χ2v) is 15.6. The van der Waals surface area contributed by atoms with Gasteiger partial charge in [-0.3, -0.25) is 0 Å². The van der Waals surface area contributed by atoms with E-state index in [2.05, 4.69) is 254 Å². The zero-order valence-corrected chi connectivity index (χ0v) is 33.6. The molecule has 0 atom stereocenters. The lowest BCUT2D eigenvalue weighted by atomic mass is 9.87. The average Bonchev–Trinajstić information content (AvgIpc) is 3.35. The maximum Gasteiger partial charge on any atom is 0.0546 e. The fourth-order valence-corrected chi connectivity index (χ4v) is 9.21. The number of anilines is 3. The van der Waals surface area contributed by atoms with Crippen LogP contribution in [0, 0.1) is 0 Å². The molecule has 0 aliphatic carbocycles. The molecule has 0 spiro atoms. The predicted octanol–water partition coefficient (Wildman–Crippen LogP) is 17.0. The lowest BCUT2D eigenvalue weighted by molar-refractivity contribution is 1.30. The van der Waals surface area contributed by atoms with E-state index in [0.717, 1.165) is 17.1 Å². The molecule has 0 aromatic heterocycles. The van der Waals surface area contributed by atoms with Crippen molar-refractivity contribution in [1.82, 2.24) is 0 Å². The molecule has 0 aliphatic rings. The van der Waals surface area contributed by atoms with Crippen molar-refractivity contribution in [3.8, 4) is 55.6 Å². The van der Waals surface area contributed by atoms with Crippen molar-refractivity contribution in [2.45, 2.75) is 0 Å². The molecular formula is C60H41N. The molecule has 0 amide bonds. The maximum atomic E-state index is 2.42. The van der Waals surface area contributed by atoms with Crippen LogP contribution in [0.15, 0.2) is 249 Å². The summed E-state index contributed by atoms with van der Waals surface area (Å²) < 4.78 is 0. The molecule has 0 bridgehead atoms. The largest absolute Gasteiger partial charge is 0.310 e. The van der Waals surface area contributed by atoms with Gasteiger partial charge in [0.2, 0.25) is 0 Å².